The fourth-order valence-electron chi connectivity index (χ4n) is 3.81. The van der Waals surface area contributed by atoms with Crippen molar-refractivity contribution in [2.75, 3.05) is 7.05 Å². The first-order valence-electron chi connectivity index (χ1n) is 7.64. The Bertz CT molecular complexity index is 499. The minimum Gasteiger partial charge on any atom is -0.339 e. The van der Waals surface area contributed by atoms with E-state index in [1.54, 1.807) is 0 Å². The Morgan fingerprint density at radius 2 is 1.62 bits per heavy atom. The molecule has 3 nitrogen and oxygen atoms in total. The van der Waals surface area contributed by atoms with Crippen molar-refractivity contribution in [3.63, 3.8) is 0 Å². The maximum absolute atomic E-state index is 12.7. The van der Waals surface area contributed by atoms with E-state index in [0.717, 1.165) is 29.5 Å². The molecule has 2 heterocycles. The third-order valence-electron chi connectivity index (χ3n) is 4.78. The summed E-state index contributed by atoms with van der Waals surface area (Å²) in [6, 6.07) is 7.74. The van der Waals surface area contributed by atoms with Gasteiger partial charge in [0.1, 0.15) is 0 Å². The van der Waals surface area contributed by atoms with Crippen LogP contribution in [0.2, 0.25) is 0 Å². The standard InChI is InChI=1S/C17H24N2O.ClH/c1-11-6-12(2)8-13(7-11)17(20)19(3)16-9-14-4-5-15(10-16)18-14;/h6-8,14-16,18H,4-5,9-10H2,1-3H3;1H. The molecule has 3 rings (SSSR count). The fourth-order valence-corrected chi connectivity index (χ4v) is 3.81. The number of fused-ring (bicyclic) bond motifs is 2. The maximum atomic E-state index is 12.7. The van der Waals surface area contributed by atoms with Gasteiger partial charge in [-0.1, -0.05) is 17.2 Å². The van der Waals surface area contributed by atoms with Crippen molar-refractivity contribution in [1.82, 2.24) is 10.2 Å². The van der Waals surface area contributed by atoms with Gasteiger partial charge >= 0.3 is 0 Å². The molecule has 2 bridgehead atoms. The Morgan fingerprint density at radius 1 is 1.10 bits per heavy atom. The molecule has 1 amide bonds. The van der Waals surface area contributed by atoms with Gasteiger partial charge in [0.05, 0.1) is 0 Å². The third-order valence-corrected chi connectivity index (χ3v) is 4.78. The van der Waals surface area contributed by atoms with Crippen LogP contribution in [0.15, 0.2) is 18.2 Å². The SMILES string of the molecule is Cc1cc(C)cc(C(=O)N(C)C2CC3CCC(C2)N3)c1.Cl. The molecular weight excluding hydrogens is 284 g/mol. The molecule has 2 unspecified atom stereocenters. The number of nitrogens with one attached hydrogen (secondary N) is 1. The van der Waals surface area contributed by atoms with E-state index in [-0.39, 0.29) is 18.3 Å². The summed E-state index contributed by atoms with van der Waals surface area (Å²) >= 11 is 0. The second-order valence-corrected chi connectivity index (χ2v) is 6.56. The second kappa shape index (κ2) is 6.37. The van der Waals surface area contributed by atoms with Gasteiger partial charge in [-0.15, -0.1) is 12.4 Å². The van der Waals surface area contributed by atoms with Crippen LogP contribution in [0.4, 0.5) is 0 Å². The van der Waals surface area contributed by atoms with Crippen molar-refractivity contribution < 1.29 is 4.79 Å². The van der Waals surface area contributed by atoms with Crippen LogP contribution in [0.3, 0.4) is 0 Å². The number of hydrogen-bond acceptors (Lipinski definition) is 2. The summed E-state index contributed by atoms with van der Waals surface area (Å²) in [6.45, 7) is 4.10. The smallest absolute Gasteiger partial charge is 0.253 e. The highest BCUT2D eigenvalue weighted by molar-refractivity contribution is 5.94. The molecule has 0 radical (unpaired) electrons. The molecule has 0 aliphatic carbocycles. The Hall–Kier alpha value is -1.06. The van der Waals surface area contributed by atoms with Crippen LogP contribution < -0.4 is 5.32 Å². The lowest BCUT2D eigenvalue weighted by Gasteiger charge is -2.35. The number of hydrogen-bond donors (Lipinski definition) is 1. The number of aryl methyl sites for hydroxylation is 2. The zero-order chi connectivity index (χ0) is 14.3. The zero-order valence-electron chi connectivity index (χ0n) is 13.1. The molecule has 2 aliphatic rings. The molecule has 1 aromatic carbocycles. The van der Waals surface area contributed by atoms with Crippen molar-refractivity contribution in [2.45, 2.75) is 57.7 Å². The van der Waals surface area contributed by atoms with Crippen molar-refractivity contribution in [3.8, 4) is 0 Å². The van der Waals surface area contributed by atoms with E-state index in [4.69, 9.17) is 0 Å². The zero-order valence-corrected chi connectivity index (χ0v) is 13.9. The van der Waals surface area contributed by atoms with Gasteiger partial charge in [0.2, 0.25) is 0 Å². The molecule has 116 valence electrons. The van der Waals surface area contributed by atoms with Crippen LogP contribution in [-0.2, 0) is 0 Å². The molecule has 1 aromatic rings. The summed E-state index contributed by atoms with van der Waals surface area (Å²) < 4.78 is 0. The van der Waals surface area contributed by atoms with Crippen LogP contribution >= 0.6 is 12.4 Å². The minimum absolute atomic E-state index is 0. The normalized spacial score (nSPS) is 27.1. The predicted octanol–water partition coefficient (Wildman–Crippen LogP) is 3.08. The van der Waals surface area contributed by atoms with Crippen molar-refractivity contribution in [3.05, 3.63) is 34.9 Å². The summed E-state index contributed by atoms with van der Waals surface area (Å²) in [6.07, 6.45) is 4.74. The molecule has 2 saturated heterocycles. The van der Waals surface area contributed by atoms with Crippen molar-refractivity contribution in [1.29, 1.82) is 0 Å². The number of carbonyl (C=O) groups is 1. The largest absolute Gasteiger partial charge is 0.339 e. The average Bonchev–Trinajstić information content (AvgIpc) is 2.74. The van der Waals surface area contributed by atoms with Gasteiger partial charge in [-0.3, -0.25) is 4.79 Å². The van der Waals surface area contributed by atoms with E-state index in [1.807, 2.05) is 24.1 Å². The quantitative estimate of drug-likeness (QED) is 0.910. The Labute approximate surface area is 133 Å². The predicted molar refractivity (Wildman–Crippen MR) is 88.2 cm³/mol. The van der Waals surface area contributed by atoms with Gasteiger partial charge in [0.15, 0.2) is 0 Å². The van der Waals surface area contributed by atoms with Crippen LogP contribution in [0.25, 0.3) is 0 Å². The number of amides is 1. The molecule has 0 saturated carbocycles. The molecule has 0 aromatic heterocycles. The number of piperidine rings is 1. The molecule has 2 aliphatic heterocycles. The van der Waals surface area contributed by atoms with Gasteiger partial charge in [-0.05, 0) is 51.7 Å². The number of carbonyl (C=O) groups excluding carboxylic acids is 1. The number of nitrogens with zero attached hydrogens (tertiary/aromatic N) is 1. The highest BCUT2D eigenvalue weighted by Crippen LogP contribution is 2.29. The molecule has 1 N–H and O–H groups in total. The van der Waals surface area contributed by atoms with Gasteiger partial charge in [0, 0.05) is 30.7 Å². The van der Waals surface area contributed by atoms with Crippen LogP contribution in [0.5, 0.6) is 0 Å². The summed E-state index contributed by atoms with van der Waals surface area (Å²) in [4.78, 5) is 14.7. The van der Waals surface area contributed by atoms with Gasteiger partial charge in [-0.2, -0.15) is 0 Å². The Balaban J connectivity index is 0.00000161. The van der Waals surface area contributed by atoms with E-state index < -0.39 is 0 Å². The summed E-state index contributed by atoms with van der Waals surface area (Å²) in [5, 5.41) is 3.63. The number of rotatable bonds is 2. The van der Waals surface area contributed by atoms with E-state index in [9.17, 15) is 4.79 Å². The second-order valence-electron chi connectivity index (χ2n) is 6.56. The Kier molecular flexibility index (Phi) is 4.95. The summed E-state index contributed by atoms with van der Waals surface area (Å²) in [5.74, 6) is 0.170. The monoisotopic (exact) mass is 308 g/mol. The first kappa shape index (κ1) is 16.3. The van der Waals surface area contributed by atoms with E-state index in [2.05, 4.69) is 25.2 Å². The van der Waals surface area contributed by atoms with Gasteiger partial charge in [-0.25, -0.2) is 0 Å². The first-order valence-corrected chi connectivity index (χ1v) is 7.64. The average molecular weight is 309 g/mol. The first-order chi connectivity index (χ1) is 9.52. The van der Waals surface area contributed by atoms with Crippen LogP contribution in [-0.4, -0.2) is 36.0 Å². The maximum Gasteiger partial charge on any atom is 0.253 e. The number of halogens is 1. The molecule has 4 heteroatoms. The van der Waals surface area contributed by atoms with E-state index in [1.165, 1.54) is 12.8 Å². The topological polar surface area (TPSA) is 32.3 Å². The van der Waals surface area contributed by atoms with Crippen LogP contribution in [0, 0.1) is 13.8 Å². The van der Waals surface area contributed by atoms with E-state index in [0.29, 0.717) is 18.1 Å². The third kappa shape index (κ3) is 3.41. The van der Waals surface area contributed by atoms with Gasteiger partial charge in [0.25, 0.3) is 5.91 Å². The molecule has 2 atom stereocenters. The number of benzene rings is 1. The molecule has 21 heavy (non-hydrogen) atoms. The van der Waals surface area contributed by atoms with E-state index >= 15 is 0 Å². The van der Waals surface area contributed by atoms with Crippen molar-refractivity contribution >= 4 is 18.3 Å². The summed E-state index contributed by atoms with van der Waals surface area (Å²) in [5.41, 5.74) is 3.15. The summed E-state index contributed by atoms with van der Waals surface area (Å²) in [7, 11) is 1.97. The molecule has 0 spiro atoms. The minimum atomic E-state index is 0. The van der Waals surface area contributed by atoms with Gasteiger partial charge < -0.3 is 10.2 Å². The lowest BCUT2D eigenvalue weighted by molar-refractivity contribution is 0.0681. The Morgan fingerprint density at radius 3 is 2.14 bits per heavy atom. The molecule has 2 fully saturated rings. The highest BCUT2D eigenvalue weighted by Gasteiger charge is 2.36. The van der Waals surface area contributed by atoms with Crippen molar-refractivity contribution in [2.24, 2.45) is 0 Å². The lowest BCUT2D eigenvalue weighted by Crippen LogP contribution is -2.48. The molecular formula is C17H25ClN2O. The van der Waals surface area contributed by atoms with Crippen LogP contribution in [0.1, 0.15) is 47.2 Å². The fraction of sp³-hybridized carbons (Fsp3) is 0.588. The lowest BCUT2D eigenvalue weighted by atomic mass is 9.97. The highest BCUT2D eigenvalue weighted by atomic mass is 35.5.